The van der Waals surface area contributed by atoms with Crippen LogP contribution in [-0.2, 0) is 0 Å². The van der Waals surface area contributed by atoms with Crippen molar-refractivity contribution >= 4 is 31.2 Å². The van der Waals surface area contributed by atoms with Crippen LogP contribution in [-0.4, -0.2) is 21.6 Å². The second kappa shape index (κ2) is 5.37. The third-order valence-electron chi connectivity index (χ3n) is 2.51. The molecular weight excluding hydrogens is 374 g/mol. The van der Waals surface area contributed by atoms with Gasteiger partial charge < -0.3 is 24.0 Å². The zero-order chi connectivity index (χ0) is 11.0. The van der Waals surface area contributed by atoms with E-state index in [9.17, 15) is 0 Å². The van der Waals surface area contributed by atoms with Gasteiger partial charge in [-0.15, -0.1) is 0 Å². The zero-order valence-corrected chi connectivity index (χ0v) is 15.7. The summed E-state index contributed by atoms with van der Waals surface area (Å²) in [5.41, 5.74) is 7.30. The van der Waals surface area contributed by atoms with Crippen LogP contribution in [0.15, 0.2) is 24.3 Å². The van der Waals surface area contributed by atoms with E-state index in [1.54, 1.807) is 9.54 Å². The molecule has 0 unspecified atom stereocenters. The number of benzene rings is 1. The summed E-state index contributed by atoms with van der Waals surface area (Å²) in [6.07, 6.45) is 0. The van der Waals surface area contributed by atoms with Crippen LogP contribution in [0.25, 0.3) is 0 Å². The first-order chi connectivity index (χ1) is 6.21. The van der Waals surface area contributed by atoms with Crippen molar-refractivity contribution in [2.75, 3.05) is 0 Å². The van der Waals surface area contributed by atoms with Crippen molar-refractivity contribution in [3.8, 4) is 0 Å². The second-order valence-electron chi connectivity index (χ2n) is 5.81. The van der Waals surface area contributed by atoms with E-state index in [1.807, 2.05) is 0 Å². The van der Waals surface area contributed by atoms with Crippen molar-refractivity contribution in [1.82, 2.24) is 0 Å². The molecule has 0 aliphatic carbocycles. The molecule has 1 rings (SSSR count). The molecule has 0 bridgehead atoms. The van der Waals surface area contributed by atoms with E-state index in [2.05, 4.69) is 61.0 Å². The summed E-state index contributed by atoms with van der Waals surface area (Å²) in [6.45, 7) is 7.21. The van der Waals surface area contributed by atoms with Crippen molar-refractivity contribution in [3.05, 3.63) is 24.3 Å². The van der Waals surface area contributed by atoms with Crippen LogP contribution >= 0.6 is 0 Å². The zero-order valence-electron chi connectivity index (χ0n) is 10.6. The first-order valence-electron chi connectivity index (χ1n) is 5.14. The molecule has 0 heterocycles. The Morgan fingerprint density at radius 2 is 1.27 bits per heavy atom. The number of hydrogen-bond donors (Lipinski definition) is 0. The summed E-state index contributed by atoms with van der Waals surface area (Å²) in [5, 5.41) is 1.57. The van der Waals surface area contributed by atoms with Crippen molar-refractivity contribution in [2.24, 2.45) is 0 Å². The summed E-state index contributed by atoms with van der Waals surface area (Å²) in [7, 11) is -1.10. The summed E-state index contributed by atoms with van der Waals surface area (Å²) in [6, 6.07) is 9.43. The Bertz CT molecular complexity index is 273. The minimum absolute atomic E-state index is 0. The molecule has 0 N–H and O–H groups in total. The van der Waals surface area contributed by atoms with Crippen molar-refractivity contribution in [1.29, 1.82) is 0 Å². The van der Waals surface area contributed by atoms with E-state index < -0.39 is 21.6 Å². The van der Waals surface area contributed by atoms with Gasteiger partial charge in [0, 0.05) is 0 Å². The summed E-state index contributed by atoms with van der Waals surface area (Å²) < 4.78 is 1.60. The van der Waals surface area contributed by atoms with Crippen LogP contribution in [0.4, 0.5) is 0 Å². The van der Waals surface area contributed by atoms with Gasteiger partial charge in [0.2, 0.25) is 0 Å². The van der Waals surface area contributed by atoms with Crippen LogP contribution in [0.2, 0.25) is 36.8 Å². The van der Waals surface area contributed by atoms with E-state index in [0.29, 0.717) is 0 Å². The molecule has 0 aliphatic rings. The SMILES string of the molecule is C[Si](C)(C)c1ccc([As+](C)(C)C)cc1.[I-]. The van der Waals surface area contributed by atoms with Crippen molar-refractivity contribution in [2.45, 2.75) is 36.8 Å². The largest absolute Gasteiger partial charge is 1.00 e. The van der Waals surface area contributed by atoms with Gasteiger partial charge in [0.25, 0.3) is 0 Å². The first-order valence-corrected chi connectivity index (χ1v) is 15.2. The third-order valence-corrected chi connectivity index (χ3v) is 8.45. The molecule has 3 heteroatoms. The number of hydrogen-bond acceptors (Lipinski definition) is 0. The molecule has 1 aromatic carbocycles. The molecule has 0 saturated heterocycles. The van der Waals surface area contributed by atoms with Crippen LogP contribution < -0.4 is 33.5 Å². The molecule has 0 spiro atoms. The van der Waals surface area contributed by atoms with Gasteiger partial charge in [0.05, 0.1) is 0 Å². The Labute approximate surface area is 115 Å². The Kier molecular flexibility index (Phi) is 5.63. The molecule has 15 heavy (non-hydrogen) atoms. The summed E-state index contributed by atoms with van der Waals surface area (Å²) in [4.78, 5) is 0. The molecule has 0 fully saturated rings. The van der Waals surface area contributed by atoms with Gasteiger partial charge in [0.1, 0.15) is 0 Å². The van der Waals surface area contributed by atoms with E-state index in [0.717, 1.165) is 0 Å². The average molecular weight is 396 g/mol. The van der Waals surface area contributed by atoms with E-state index in [4.69, 9.17) is 0 Å². The van der Waals surface area contributed by atoms with E-state index in [1.165, 1.54) is 0 Å². The quantitative estimate of drug-likeness (QED) is 0.479. The molecule has 0 saturated carbocycles. The molecule has 86 valence electrons. The molecular formula is C12H22AsISi. The first kappa shape index (κ1) is 15.7. The fourth-order valence-corrected chi connectivity index (χ4v) is 4.76. The Morgan fingerprint density at radius 3 is 1.53 bits per heavy atom. The second-order valence-corrected chi connectivity index (χ2v) is 20.4. The standard InChI is InChI=1S/C12H22AsSi.HI/c1-13(2,3)11-7-9-12(10-8-11)14(4,5)6;/h7-10H,1-6H3;1H/q+1;/p-1. The normalized spacial score (nSPS) is 12.1. The topological polar surface area (TPSA) is 0 Å². The smallest absolute Gasteiger partial charge is 1.00 e. The van der Waals surface area contributed by atoms with Crippen LogP contribution in [0, 0.1) is 0 Å². The van der Waals surface area contributed by atoms with Crippen LogP contribution in [0.3, 0.4) is 0 Å². The van der Waals surface area contributed by atoms with Gasteiger partial charge in [-0.25, -0.2) is 0 Å². The molecule has 0 atom stereocenters. The number of rotatable bonds is 2. The minimum atomic E-state index is -1.43. The monoisotopic (exact) mass is 396 g/mol. The van der Waals surface area contributed by atoms with E-state index in [-0.39, 0.29) is 24.0 Å². The minimum Gasteiger partial charge on any atom is -1.00 e. The predicted octanol–water partition coefficient (Wildman–Crippen LogP) is -0.219. The van der Waals surface area contributed by atoms with Gasteiger partial charge in [-0.3, -0.25) is 0 Å². The molecule has 0 radical (unpaired) electrons. The van der Waals surface area contributed by atoms with Gasteiger partial charge in [-0.2, -0.15) is 0 Å². The fourth-order valence-electron chi connectivity index (χ4n) is 1.41. The maximum atomic E-state index is 2.43. The predicted molar refractivity (Wildman–Crippen MR) is 72.4 cm³/mol. The fraction of sp³-hybridized carbons (Fsp3) is 0.500. The van der Waals surface area contributed by atoms with E-state index >= 15 is 0 Å². The molecule has 0 amide bonds. The third kappa shape index (κ3) is 4.62. The maximum absolute atomic E-state index is 2.43. The van der Waals surface area contributed by atoms with Gasteiger partial charge in [-0.05, 0) is 0 Å². The molecule has 0 aliphatic heterocycles. The average Bonchev–Trinajstić information content (AvgIpc) is 2.01. The maximum Gasteiger partial charge on any atom is -1.00 e. The van der Waals surface area contributed by atoms with Gasteiger partial charge >= 0.3 is 92.2 Å². The Balaban J connectivity index is 0.00000196. The van der Waals surface area contributed by atoms with Crippen LogP contribution in [0.1, 0.15) is 0 Å². The Hall–Kier alpha value is 0.725. The van der Waals surface area contributed by atoms with Crippen molar-refractivity contribution < 1.29 is 24.0 Å². The molecule has 1 aromatic rings. The van der Waals surface area contributed by atoms with Gasteiger partial charge in [-0.1, -0.05) is 0 Å². The summed E-state index contributed by atoms with van der Waals surface area (Å²) in [5.74, 6) is 0. The summed E-state index contributed by atoms with van der Waals surface area (Å²) >= 11 is -1.43. The van der Waals surface area contributed by atoms with Gasteiger partial charge in [0.15, 0.2) is 0 Å². The molecule has 0 aromatic heterocycles. The van der Waals surface area contributed by atoms with Crippen LogP contribution in [0.5, 0.6) is 0 Å². The number of halogens is 1. The van der Waals surface area contributed by atoms with Crippen molar-refractivity contribution in [3.63, 3.8) is 0 Å². The Morgan fingerprint density at radius 1 is 0.867 bits per heavy atom. The molecule has 0 nitrogen and oxygen atoms in total.